The average molecular weight is 420 g/mol. The predicted octanol–water partition coefficient (Wildman–Crippen LogP) is 3.90. The van der Waals surface area contributed by atoms with E-state index < -0.39 is 5.97 Å². The SMILES string of the molecule is COC(=O)c1cc(Br)ccc1NC(=O)/C=C/c1ccc(OC)c(OC)c1. The Hall–Kier alpha value is -2.80. The third kappa shape index (κ3) is 4.86. The molecular weight excluding hydrogens is 402 g/mol. The molecule has 0 fully saturated rings. The zero-order valence-electron chi connectivity index (χ0n) is 14.5. The fourth-order valence-electron chi connectivity index (χ4n) is 2.21. The molecule has 1 amide bonds. The highest BCUT2D eigenvalue weighted by Crippen LogP contribution is 2.28. The highest BCUT2D eigenvalue weighted by Gasteiger charge is 2.13. The Labute approximate surface area is 159 Å². The molecule has 2 rings (SSSR count). The molecule has 26 heavy (non-hydrogen) atoms. The monoisotopic (exact) mass is 419 g/mol. The fraction of sp³-hybridized carbons (Fsp3) is 0.158. The standard InChI is InChI=1S/C19H18BrNO5/c1-24-16-8-4-12(10-17(16)25-2)5-9-18(22)21-15-7-6-13(20)11-14(15)19(23)26-3/h4-11H,1-3H3,(H,21,22)/b9-5+. The summed E-state index contributed by atoms with van der Waals surface area (Å²) in [6.45, 7) is 0. The zero-order valence-corrected chi connectivity index (χ0v) is 16.1. The number of amides is 1. The lowest BCUT2D eigenvalue weighted by atomic mass is 10.1. The number of carbonyl (C=O) groups is 2. The third-order valence-corrected chi connectivity index (χ3v) is 3.97. The average Bonchev–Trinajstić information content (AvgIpc) is 2.66. The van der Waals surface area contributed by atoms with E-state index in [1.807, 2.05) is 0 Å². The molecule has 0 unspecified atom stereocenters. The van der Waals surface area contributed by atoms with Crippen molar-refractivity contribution in [1.29, 1.82) is 0 Å². The van der Waals surface area contributed by atoms with Gasteiger partial charge in [-0.05, 0) is 42.0 Å². The highest BCUT2D eigenvalue weighted by molar-refractivity contribution is 9.10. The van der Waals surface area contributed by atoms with Crippen LogP contribution in [0.5, 0.6) is 11.5 Å². The van der Waals surface area contributed by atoms with Crippen molar-refractivity contribution in [3.8, 4) is 11.5 Å². The van der Waals surface area contributed by atoms with Gasteiger partial charge >= 0.3 is 5.97 Å². The molecule has 6 nitrogen and oxygen atoms in total. The van der Waals surface area contributed by atoms with Crippen LogP contribution in [-0.2, 0) is 9.53 Å². The maximum Gasteiger partial charge on any atom is 0.340 e. The number of ether oxygens (including phenoxy) is 3. The Balaban J connectivity index is 2.16. The molecule has 136 valence electrons. The van der Waals surface area contributed by atoms with Crippen LogP contribution < -0.4 is 14.8 Å². The lowest BCUT2D eigenvalue weighted by Gasteiger charge is -2.09. The Bertz CT molecular complexity index is 848. The number of carbonyl (C=O) groups excluding carboxylic acids is 2. The smallest absolute Gasteiger partial charge is 0.340 e. The minimum Gasteiger partial charge on any atom is -0.493 e. The number of hydrogen-bond donors (Lipinski definition) is 1. The first-order valence-corrected chi connectivity index (χ1v) is 8.36. The van der Waals surface area contributed by atoms with Crippen molar-refractivity contribution in [2.75, 3.05) is 26.6 Å². The van der Waals surface area contributed by atoms with Gasteiger partial charge in [-0.25, -0.2) is 4.79 Å². The lowest BCUT2D eigenvalue weighted by molar-refractivity contribution is -0.111. The van der Waals surface area contributed by atoms with E-state index in [1.54, 1.807) is 56.7 Å². The van der Waals surface area contributed by atoms with Crippen molar-refractivity contribution in [2.45, 2.75) is 0 Å². The second-order valence-electron chi connectivity index (χ2n) is 5.12. The van der Waals surface area contributed by atoms with E-state index in [0.717, 1.165) is 5.56 Å². The van der Waals surface area contributed by atoms with Crippen LogP contribution in [0.25, 0.3) is 6.08 Å². The quantitative estimate of drug-likeness (QED) is 0.567. The van der Waals surface area contributed by atoms with Crippen molar-refractivity contribution in [3.63, 3.8) is 0 Å². The maximum atomic E-state index is 12.2. The molecule has 0 atom stereocenters. The maximum absolute atomic E-state index is 12.2. The van der Waals surface area contributed by atoms with Crippen molar-refractivity contribution < 1.29 is 23.8 Å². The van der Waals surface area contributed by atoms with Crippen molar-refractivity contribution in [3.05, 3.63) is 58.1 Å². The van der Waals surface area contributed by atoms with Gasteiger partial charge in [0.15, 0.2) is 11.5 Å². The number of anilines is 1. The molecule has 0 bridgehead atoms. The van der Waals surface area contributed by atoms with Gasteiger partial charge in [0.2, 0.25) is 5.91 Å². The van der Waals surface area contributed by atoms with Gasteiger partial charge in [-0.3, -0.25) is 4.79 Å². The number of benzene rings is 2. The number of methoxy groups -OCH3 is 3. The van der Waals surface area contributed by atoms with Gasteiger partial charge in [0.05, 0.1) is 32.6 Å². The molecule has 1 N–H and O–H groups in total. The van der Waals surface area contributed by atoms with Crippen LogP contribution in [0.4, 0.5) is 5.69 Å². The highest BCUT2D eigenvalue weighted by atomic mass is 79.9. The molecule has 0 spiro atoms. The zero-order chi connectivity index (χ0) is 19.1. The second kappa shape index (κ2) is 9.05. The Morgan fingerprint density at radius 1 is 1.00 bits per heavy atom. The molecule has 0 aliphatic heterocycles. The van der Waals surface area contributed by atoms with E-state index in [9.17, 15) is 9.59 Å². The summed E-state index contributed by atoms with van der Waals surface area (Å²) in [6.07, 6.45) is 3.00. The summed E-state index contributed by atoms with van der Waals surface area (Å²) in [5.41, 5.74) is 1.39. The largest absolute Gasteiger partial charge is 0.493 e. The Kier molecular flexibility index (Phi) is 6.80. The van der Waals surface area contributed by atoms with Gasteiger partial charge in [-0.1, -0.05) is 22.0 Å². The van der Waals surface area contributed by atoms with Crippen molar-refractivity contribution in [2.24, 2.45) is 0 Å². The molecule has 0 aliphatic rings. The van der Waals surface area contributed by atoms with Crippen LogP contribution in [0.3, 0.4) is 0 Å². The van der Waals surface area contributed by atoms with Crippen LogP contribution in [0.2, 0.25) is 0 Å². The number of halogens is 1. The van der Waals surface area contributed by atoms with Gasteiger partial charge in [-0.2, -0.15) is 0 Å². The molecular formula is C19H18BrNO5. The fourth-order valence-corrected chi connectivity index (χ4v) is 2.57. The predicted molar refractivity (Wildman–Crippen MR) is 103 cm³/mol. The summed E-state index contributed by atoms with van der Waals surface area (Å²) in [6, 6.07) is 10.2. The number of rotatable bonds is 6. The summed E-state index contributed by atoms with van der Waals surface area (Å²) >= 11 is 3.29. The molecule has 2 aromatic rings. The molecule has 0 saturated carbocycles. The van der Waals surface area contributed by atoms with Crippen LogP contribution in [0.1, 0.15) is 15.9 Å². The van der Waals surface area contributed by atoms with E-state index in [4.69, 9.17) is 14.2 Å². The van der Waals surface area contributed by atoms with E-state index in [2.05, 4.69) is 21.2 Å². The third-order valence-electron chi connectivity index (χ3n) is 3.48. The van der Waals surface area contributed by atoms with Gasteiger partial charge in [0, 0.05) is 10.5 Å². The van der Waals surface area contributed by atoms with Crippen LogP contribution in [-0.4, -0.2) is 33.2 Å². The van der Waals surface area contributed by atoms with Crippen LogP contribution in [0, 0.1) is 0 Å². The normalized spacial score (nSPS) is 10.5. The molecule has 0 aliphatic carbocycles. The van der Waals surface area contributed by atoms with Gasteiger partial charge < -0.3 is 19.5 Å². The first kappa shape index (κ1) is 19.5. The number of nitrogens with one attached hydrogen (secondary N) is 1. The topological polar surface area (TPSA) is 73.9 Å². The molecule has 0 aromatic heterocycles. The van der Waals surface area contributed by atoms with Crippen LogP contribution >= 0.6 is 15.9 Å². The Morgan fingerprint density at radius 3 is 2.38 bits per heavy atom. The lowest BCUT2D eigenvalue weighted by Crippen LogP contribution is -2.13. The minimum absolute atomic E-state index is 0.259. The molecule has 2 aromatic carbocycles. The van der Waals surface area contributed by atoms with Gasteiger partial charge in [0.1, 0.15) is 0 Å². The molecule has 0 saturated heterocycles. The second-order valence-corrected chi connectivity index (χ2v) is 6.03. The summed E-state index contributed by atoms with van der Waals surface area (Å²) in [7, 11) is 4.38. The van der Waals surface area contributed by atoms with Crippen molar-refractivity contribution in [1.82, 2.24) is 0 Å². The van der Waals surface area contributed by atoms with Crippen LogP contribution in [0.15, 0.2) is 46.9 Å². The molecule has 0 heterocycles. The first-order chi connectivity index (χ1) is 12.5. The minimum atomic E-state index is -0.537. The summed E-state index contributed by atoms with van der Waals surface area (Å²) in [4.78, 5) is 24.0. The molecule has 7 heteroatoms. The van der Waals surface area contributed by atoms with Gasteiger partial charge in [0.25, 0.3) is 0 Å². The summed E-state index contributed by atoms with van der Waals surface area (Å²) < 4.78 is 15.8. The van der Waals surface area contributed by atoms with Crippen molar-refractivity contribution >= 4 is 39.6 Å². The number of esters is 1. The molecule has 0 radical (unpaired) electrons. The summed E-state index contributed by atoms with van der Waals surface area (Å²) in [5, 5.41) is 2.67. The summed E-state index contributed by atoms with van der Waals surface area (Å²) in [5.74, 6) is 0.250. The van der Waals surface area contributed by atoms with E-state index in [1.165, 1.54) is 13.2 Å². The first-order valence-electron chi connectivity index (χ1n) is 7.57. The van der Waals surface area contributed by atoms with E-state index >= 15 is 0 Å². The Morgan fingerprint density at radius 2 is 1.73 bits per heavy atom. The van der Waals surface area contributed by atoms with E-state index in [-0.39, 0.29) is 11.5 Å². The van der Waals surface area contributed by atoms with Gasteiger partial charge in [-0.15, -0.1) is 0 Å². The van der Waals surface area contributed by atoms with E-state index in [0.29, 0.717) is 21.7 Å². The number of hydrogen-bond acceptors (Lipinski definition) is 5.